The highest BCUT2D eigenvalue weighted by Gasteiger charge is 2.31. The minimum Gasteiger partial charge on any atom is -0.381 e. The van der Waals surface area contributed by atoms with Crippen LogP contribution in [-0.4, -0.2) is 44.5 Å². The van der Waals surface area contributed by atoms with Gasteiger partial charge in [-0.15, -0.1) is 0 Å². The van der Waals surface area contributed by atoms with Gasteiger partial charge in [-0.3, -0.25) is 9.59 Å². The zero-order valence-corrected chi connectivity index (χ0v) is 10.9. The molecule has 0 saturated heterocycles. The van der Waals surface area contributed by atoms with Gasteiger partial charge in [-0.05, 0) is 26.0 Å². The molecule has 0 fully saturated rings. The van der Waals surface area contributed by atoms with E-state index >= 15 is 0 Å². The van der Waals surface area contributed by atoms with Gasteiger partial charge in [0.25, 0.3) is 0 Å². The van der Waals surface area contributed by atoms with Crippen LogP contribution < -0.4 is 0 Å². The molecule has 0 aromatic rings. The molecule has 2 N–H and O–H groups in total. The lowest BCUT2D eigenvalue weighted by Gasteiger charge is -2.23. The quantitative estimate of drug-likeness (QED) is 0.628. The highest BCUT2D eigenvalue weighted by molar-refractivity contribution is 7.99. The molecule has 96 valence electrons. The number of hydrogen-bond donors (Lipinski definition) is 2. The molecule has 4 nitrogen and oxygen atoms in total. The van der Waals surface area contributed by atoms with Crippen LogP contribution in [0.2, 0.25) is 0 Å². The van der Waals surface area contributed by atoms with Crippen LogP contribution in [0.1, 0.15) is 13.8 Å². The lowest BCUT2D eigenvalue weighted by molar-refractivity contribution is -0.128. The molecule has 0 rings (SSSR count). The molecule has 0 spiro atoms. The van der Waals surface area contributed by atoms with E-state index in [1.165, 1.54) is 13.8 Å². The summed E-state index contributed by atoms with van der Waals surface area (Å²) < 4.78 is 0. The van der Waals surface area contributed by atoms with Crippen molar-refractivity contribution in [2.24, 2.45) is 0 Å². The smallest absolute Gasteiger partial charge is 0.187 e. The molecule has 0 saturated carbocycles. The summed E-state index contributed by atoms with van der Waals surface area (Å²) in [6.45, 7) is 9.32. The zero-order chi connectivity index (χ0) is 13.7. The monoisotopic (exact) mass is 258 g/mol. The van der Waals surface area contributed by atoms with Crippen molar-refractivity contribution in [1.29, 1.82) is 0 Å². The second-order valence-electron chi connectivity index (χ2n) is 4.18. The van der Waals surface area contributed by atoms with Gasteiger partial charge in [-0.25, -0.2) is 0 Å². The molecule has 0 aromatic carbocycles. The summed E-state index contributed by atoms with van der Waals surface area (Å²) >= 11 is 1.12. The van der Waals surface area contributed by atoms with Gasteiger partial charge < -0.3 is 10.2 Å². The molecule has 0 aliphatic heterocycles. The predicted molar refractivity (Wildman–Crippen MR) is 69.0 cm³/mol. The van der Waals surface area contributed by atoms with Gasteiger partial charge in [0.2, 0.25) is 0 Å². The van der Waals surface area contributed by atoms with Gasteiger partial charge in [-0.1, -0.05) is 13.2 Å². The minimum atomic E-state index is -1.53. The highest BCUT2D eigenvalue weighted by Crippen LogP contribution is 2.20. The van der Waals surface area contributed by atoms with E-state index in [4.69, 9.17) is 0 Å². The maximum atomic E-state index is 11.3. The maximum Gasteiger partial charge on any atom is 0.187 e. The third-order valence-corrected chi connectivity index (χ3v) is 3.73. The molecule has 0 aliphatic carbocycles. The first-order valence-corrected chi connectivity index (χ1v) is 6.19. The third kappa shape index (κ3) is 4.85. The Hall–Kier alpha value is -0.910. The number of carbonyl (C=O) groups excluding carboxylic acids is 2. The van der Waals surface area contributed by atoms with Crippen molar-refractivity contribution in [3.8, 4) is 0 Å². The Kier molecular flexibility index (Phi) is 5.81. The van der Waals surface area contributed by atoms with Gasteiger partial charge in [-0.2, -0.15) is 11.8 Å². The topological polar surface area (TPSA) is 74.6 Å². The van der Waals surface area contributed by atoms with E-state index in [1.807, 2.05) is 0 Å². The molecule has 0 heterocycles. The Morgan fingerprint density at radius 1 is 1.06 bits per heavy atom. The number of aliphatic hydroxyl groups is 2. The van der Waals surface area contributed by atoms with Crippen LogP contribution in [0.25, 0.3) is 0 Å². The SMILES string of the molecule is C=CC(=O)C(C)(O)CSCC(C)(O)C(=O)C=C. The van der Waals surface area contributed by atoms with Gasteiger partial charge in [0.05, 0.1) is 0 Å². The molecule has 0 aromatic heterocycles. The average molecular weight is 258 g/mol. The largest absolute Gasteiger partial charge is 0.381 e. The van der Waals surface area contributed by atoms with Crippen LogP contribution >= 0.6 is 11.8 Å². The number of hydrogen-bond acceptors (Lipinski definition) is 5. The van der Waals surface area contributed by atoms with E-state index in [9.17, 15) is 19.8 Å². The summed E-state index contributed by atoms with van der Waals surface area (Å²) in [4.78, 5) is 22.5. The van der Waals surface area contributed by atoms with E-state index in [2.05, 4.69) is 13.2 Å². The molecule has 17 heavy (non-hydrogen) atoms. The number of carbonyl (C=O) groups is 2. The van der Waals surface area contributed by atoms with Gasteiger partial charge >= 0.3 is 0 Å². The molecular formula is C12H18O4S. The Balaban J connectivity index is 4.33. The van der Waals surface area contributed by atoms with Gasteiger partial charge in [0, 0.05) is 11.5 Å². The molecule has 0 amide bonds. The van der Waals surface area contributed by atoms with Crippen molar-refractivity contribution >= 4 is 23.3 Å². The van der Waals surface area contributed by atoms with Crippen molar-refractivity contribution in [2.75, 3.05) is 11.5 Å². The molecule has 2 atom stereocenters. The van der Waals surface area contributed by atoms with Crippen LogP contribution in [0.3, 0.4) is 0 Å². The van der Waals surface area contributed by atoms with Gasteiger partial charge in [0.1, 0.15) is 11.2 Å². The van der Waals surface area contributed by atoms with E-state index in [1.54, 1.807) is 0 Å². The number of ketones is 2. The Morgan fingerprint density at radius 2 is 1.35 bits per heavy atom. The third-order valence-electron chi connectivity index (χ3n) is 2.20. The first-order valence-electron chi connectivity index (χ1n) is 5.03. The van der Waals surface area contributed by atoms with Crippen LogP contribution in [0, 0.1) is 0 Å². The fourth-order valence-electron chi connectivity index (χ4n) is 1.03. The van der Waals surface area contributed by atoms with Crippen molar-refractivity contribution in [1.82, 2.24) is 0 Å². The van der Waals surface area contributed by atoms with Crippen LogP contribution in [0.5, 0.6) is 0 Å². The van der Waals surface area contributed by atoms with Crippen LogP contribution in [-0.2, 0) is 9.59 Å². The average Bonchev–Trinajstić information content (AvgIpc) is 2.25. The fourth-order valence-corrected chi connectivity index (χ4v) is 2.21. The molecule has 0 bridgehead atoms. The Bertz CT molecular complexity index is 299. The lowest BCUT2D eigenvalue weighted by atomic mass is 10.0. The van der Waals surface area contributed by atoms with Crippen molar-refractivity contribution in [2.45, 2.75) is 25.0 Å². The Labute approximate surface area is 105 Å². The summed E-state index contributed by atoms with van der Waals surface area (Å²) in [5.74, 6) is -0.809. The Morgan fingerprint density at radius 3 is 1.59 bits per heavy atom. The zero-order valence-electron chi connectivity index (χ0n) is 10.1. The van der Waals surface area contributed by atoms with E-state index < -0.39 is 22.8 Å². The molecule has 0 radical (unpaired) electrons. The highest BCUT2D eigenvalue weighted by atomic mass is 32.2. The second kappa shape index (κ2) is 6.14. The van der Waals surface area contributed by atoms with E-state index in [-0.39, 0.29) is 11.5 Å². The molecular weight excluding hydrogens is 240 g/mol. The predicted octanol–water partition coefficient (Wildman–Crippen LogP) is 0.732. The van der Waals surface area contributed by atoms with Crippen LogP contribution in [0.4, 0.5) is 0 Å². The first-order chi connectivity index (χ1) is 7.67. The van der Waals surface area contributed by atoms with E-state index in [0.29, 0.717) is 0 Å². The molecule has 5 heteroatoms. The second-order valence-corrected chi connectivity index (χ2v) is 5.16. The van der Waals surface area contributed by atoms with Crippen LogP contribution in [0.15, 0.2) is 25.3 Å². The normalized spacial score (nSPS) is 17.6. The van der Waals surface area contributed by atoms with Crippen molar-refractivity contribution in [3.63, 3.8) is 0 Å². The molecule has 0 aliphatic rings. The number of thioether (sulfide) groups is 1. The number of rotatable bonds is 8. The summed E-state index contributed by atoms with van der Waals surface area (Å²) in [5, 5.41) is 19.5. The standard InChI is InChI=1S/C12H18O4S/c1-5-9(13)11(3,15)7-17-8-12(4,16)10(14)6-2/h5-6,15-16H,1-2,7-8H2,3-4H3. The van der Waals surface area contributed by atoms with E-state index in [0.717, 1.165) is 23.9 Å². The van der Waals surface area contributed by atoms with Gasteiger partial charge in [0.15, 0.2) is 11.6 Å². The van der Waals surface area contributed by atoms with Crippen molar-refractivity contribution in [3.05, 3.63) is 25.3 Å². The summed E-state index contributed by atoms with van der Waals surface area (Å²) in [7, 11) is 0. The molecule has 2 unspecified atom stereocenters. The maximum absolute atomic E-state index is 11.3. The minimum absolute atomic E-state index is 0.0818. The first kappa shape index (κ1) is 16.1. The summed E-state index contributed by atoms with van der Waals surface area (Å²) in [5.41, 5.74) is -3.06. The summed E-state index contributed by atoms with van der Waals surface area (Å²) in [6.07, 6.45) is 2.10. The fraction of sp³-hybridized carbons (Fsp3) is 0.500. The summed E-state index contributed by atoms with van der Waals surface area (Å²) in [6, 6.07) is 0. The lowest BCUT2D eigenvalue weighted by Crippen LogP contribution is -2.40. The van der Waals surface area contributed by atoms with Crippen molar-refractivity contribution < 1.29 is 19.8 Å².